The molecule has 1 amide bonds. The van der Waals surface area contributed by atoms with Crippen LogP contribution in [-0.4, -0.2) is 29.9 Å². The van der Waals surface area contributed by atoms with E-state index in [1.807, 2.05) is 26.8 Å². The number of ether oxygens (including phenoxy) is 1. The molecule has 1 aromatic rings. The Morgan fingerprint density at radius 3 is 2.61 bits per heavy atom. The molecule has 0 aliphatic carbocycles. The lowest BCUT2D eigenvalue weighted by molar-refractivity contribution is 0.0285. The van der Waals surface area contributed by atoms with Gasteiger partial charge in [-0.15, -0.1) is 0 Å². The highest BCUT2D eigenvalue weighted by molar-refractivity contribution is 5.75. The van der Waals surface area contributed by atoms with Crippen molar-refractivity contribution in [3.63, 3.8) is 0 Å². The van der Waals surface area contributed by atoms with Crippen LogP contribution in [0.3, 0.4) is 0 Å². The van der Waals surface area contributed by atoms with Gasteiger partial charge in [0.05, 0.1) is 0 Å². The van der Waals surface area contributed by atoms with Crippen LogP contribution in [-0.2, 0) is 11.3 Å². The quantitative estimate of drug-likeness (QED) is 0.774. The summed E-state index contributed by atoms with van der Waals surface area (Å²) in [4.78, 5) is 23.9. The number of carbonyl (C=O) groups is 2. The molecule has 0 fully saturated rings. The first-order chi connectivity index (χ1) is 8.31. The molecule has 0 bridgehead atoms. The molecule has 1 aromatic carbocycles. The molecule has 0 N–H and O–H groups in total. The van der Waals surface area contributed by atoms with Crippen molar-refractivity contribution in [1.29, 1.82) is 0 Å². The molecule has 0 atom stereocenters. The van der Waals surface area contributed by atoms with Crippen LogP contribution in [0.4, 0.5) is 4.79 Å². The maximum atomic E-state index is 11.8. The normalized spacial score (nSPS) is 10.9. The number of hydrogen-bond acceptors (Lipinski definition) is 3. The molecule has 0 saturated heterocycles. The van der Waals surface area contributed by atoms with Crippen molar-refractivity contribution in [2.45, 2.75) is 32.9 Å². The van der Waals surface area contributed by atoms with Crippen molar-refractivity contribution in [2.75, 3.05) is 7.05 Å². The van der Waals surface area contributed by atoms with Crippen LogP contribution in [0.15, 0.2) is 24.3 Å². The van der Waals surface area contributed by atoms with Gasteiger partial charge in [0.2, 0.25) is 0 Å². The van der Waals surface area contributed by atoms with Gasteiger partial charge in [0.15, 0.2) is 0 Å². The van der Waals surface area contributed by atoms with E-state index >= 15 is 0 Å². The zero-order chi connectivity index (χ0) is 13.8. The Bertz CT molecular complexity index is 435. The number of hydrogen-bond donors (Lipinski definition) is 0. The van der Waals surface area contributed by atoms with E-state index in [9.17, 15) is 9.59 Å². The fourth-order valence-electron chi connectivity index (χ4n) is 1.44. The van der Waals surface area contributed by atoms with Gasteiger partial charge in [0, 0.05) is 19.2 Å². The molecule has 0 heterocycles. The lowest BCUT2D eigenvalue weighted by atomic mass is 10.1. The lowest BCUT2D eigenvalue weighted by Gasteiger charge is -2.24. The van der Waals surface area contributed by atoms with Crippen molar-refractivity contribution < 1.29 is 14.3 Å². The Morgan fingerprint density at radius 2 is 2.06 bits per heavy atom. The van der Waals surface area contributed by atoms with Crippen molar-refractivity contribution in [2.24, 2.45) is 0 Å². The summed E-state index contributed by atoms with van der Waals surface area (Å²) >= 11 is 0. The van der Waals surface area contributed by atoms with Gasteiger partial charge in [0.1, 0.15) is 11.9 Å². The number of aldehydes is 1. The maximum absolute atomic E-state index is 11.8. The second kappa shape index (κ2) is 5.67. The average molecular weight is 249 g/mol. The first-order valence-corrected chi connectivity index (χ1v) is 5.80. The van der Waals surface area contributed by atoms with Crippen LogP contribution >= 0.6 is 0 Å². The summed E-state index contributed by atoms with van der Waals surface area (Å²) in [5, 5.41) is 0. The number of benzene rings is 1. The van der Waals surface area contributed by atoms with Gasteiger partial charge >= 0.3 is 6.09 Å². The van der Waals surface area contributed by atoms with Crippen LogP contribution in [0.1, 0.15) is 36.7 Å². The van der Waals surface area contributed by atoms with E-state index in [1.54, 1.807) is 25.2 Å². The molecular weight excluding hydrogens is 230 g/mol. The molecule has 0 aliphatic heterocycles. The van der Waals surface area contributed by atoms with Gasteiger partial charge < -0.3 is 9.64 Å². The predicted molar refractivity (Wildman–Crippen MR) is 69.5 cm³/mol. The maximum Gasteiger partial charge on any atom is 0.410 e. The summed E-state index contributed by atoms with van der Waals surface area (Å²) in [6.07, 6.45) is 0.413. The molecule has 0 aromatic heterocycles. The third-order valence-corrected chi connectivity index (χ3v) is 2.21. The highest BCUT2D eigenvalue weighted by Crippen LogP contribution is 2.12. The summed E-state index contributed by atoms with van der Waals surface area (Å²) in [6.45, 7) is 5.89. The first-order valence-electron chi connectivity index (χ1n) is 5.80. The first kappa shape index (κ1) is 14.2. The Balaban J connectivity index is 2.66. The topological polar surface area (TPSA) is 46.6 Å². The highest BCUT2D eigenvalue weighted by atomic mass is 16.6. The summed E-state index contributed by atoms with van der Waals surface area (Å²) in [5.74, 6) is 0. The third kappa shape index (κ3) is 4.57. The van der Waals surface area contributed by atoms with Crippen LogP contribution in [0.25, 0.3) is 0 Å². The minimum Gasteiger partial charge on any atom is -0.444 e. The van der Waals surface area contributed by atoms with Crippen molar-refractivity contribution >= 4 is 12.4 Å². The SMILES string of the molecule is CN(Cc1cccc(C=O)c1)C(=O)OC(C)(C)C. The van der Waals surface area contributed by atoms with Crippen LogP contribution in [0.5, 0.6) is 0 Å². The van der Waals surface area contributed by atoms with E-state index < -0.39 is 5.60 Å². The molecule has 98 valence electrons. The monoisotopic (exact) mass is 249 g/mol. The van der Waals surface area contributed by atoms with Crippen LogP contribution in [0, 0.1) is 0 Å². The van der Waals surface area contributed by atoms with Crippen LogP contribution in [0.2, 0.25) is 0 Å². The Labute approximate surface area is 108 Å². The Morgan fingerprint density at radius 1 is 1.39 bits per heavy atom. The van der Waals surface area contributed by atoms with E-state index in [-0.39, 0.29) is 6.09 Å². The van der Waals surface area contributed by atoms with Crippen molar-refractivity contribution in [1.82, 2.24) is 4.90 Å². The summed E-state index contributed by atoms with van der Waals surface area (Å²) in [5.41, 5.74) is 0.994. The molecule has 0 unspecified atom stereocenters. The molecule has 0 saturated carbocycles. The number of rotatable bonds is 3. The largest absolute Gasteiger partial charge is 0.444 e. The molecular formula is C14H19NO3. The lowest BCUT2D eigenvalue weighted by Crippen LogP contribution is -2.33. The van der Waals surface area contributed by atoms with E-state index in [4.69, 9.17) is 4.74 Å². The molecule has 0 spiro atoms. The van der Waals surface area contributed by atoms with E-state index in [2.05, 4.69) is 0 Å². The van der Waals surface area contributed by atoms with Gasteiger partial charge in [0.25, 0.3) is 0 Å². The molecule has 4 heteroatoms. The van der Waals surface area contributed by atoms with E-state index in [0.717, 1.165) is 11.8 Å². The van der Waals surface area contributed by atoms with Gasteiger partial charge in [-0.2, -0.15) is 0 Å². The van der Waals surface area contributed by atoms with E-state index in [1.165, 1.54) is 4.90 Å². The van der Waals surface area contributed by atoms with Gasteiger partial charge in [-0.3, -0.25) is 4.79 Å². The Hall–Kier alpha value is -1.84. The predicted octanol–water partition coefficient (Wildman–Crippen LogP) is 2.87. The number of amides is 1. The molecule has 4 nitrogen and oxygen atoms in total. The molecule has 18 heavy (non-hydrogen) atoms. The summed E-state index contributed by atoms with van der Waals surface area (Å²) in [7, 11) is 1.67. The van der Waals surface area contributed by atoms with Gasteiger partial charge in [-0.25, -0.2) is 4.79 Å². The zero-order valence-electron chi connectivity index (χ0n) is 11.3. The number of carbonyl (C=O) groups excluding carboxylic acids is 2. The minimum atomic E-state index is -0.504. The molecule has 1 rings (SSSR count). The average Bonchev–Trinajstić information content (AvgIpc) is 2.27. The standard InChI is InChI=1S/C14H19NO3/c1-14(2,3)18-13(17)15(4)9-11-6-5-7-12(8-11)10-16/h5-8,10H,9H2,1-4H3. The second-order valence-corrected chi connectivity index (χ2v) is 5.20. The van der Waals surface area contributed by atoms with Gasteiger partial charge in [-0.05, 0) is 32.4 Å². The highest BCUT2D eigenvalue weighted by Gasteiger charge is 2.19. The second-order valence-electron chi connectivity index (χ2n) is 5.20. The smallest absolute Gasteiger partial charge is 0.410 e. The third-order valence-electron chi connectivity index (χ3n) is 2.21. The van der Waals surface area contributed by atoms with Gasteiger partial charge in [-0.1, -0.05) is 18.2 Å². The van der Waals surface area contributed by atoms with E-state index in [0.29, 0.717) is 12.1 Å². The van der Waals surface area contributed by atoms with Crippen molar-refractivity contribution in [3.8, 4) is 0 Å². The number of nitrogens with zero attached hydrogens (tertiary/aromatic N) is 1. The molecule has 0 aliphatic rings. The zero-order valence-corrected chi connectivity index (χ0v) is 11.3. The summed E-state index contributed by atoms with van der Waals surface area (Å²) < 4.78 is 5.25. The Kier molecular flexibility index (Phi) is 4.48. The minimum absolute atomic E-state index is 0.376. The molecule has 0 radical (unpaired) electrons. The fourth-order valence-corrected chi connectivity index (χ4v) is 1.44. The summed E-state index contributed by atoms with van der Waals surface area (Å²) in [6, 6.07) is 7.15. The van der Waals surface area contributed by atoms with Crippen molar-refractivity contribution in [3.05, 3.63) is 35.4 Å². The fraction of sp³-hybridized carbons (Fsp3) is 0.429. The van der Waals surface area contributed by atoms with Crippen LogP contribution < -0.4 is 0 Å².